The first-order chi connectivity index (χ1) is 39.5. The van der Waals surface area contributed by atoms with Gasteiger partial charge < -0.3 is 0 Å². The topological polar surface area (TPSA) is 17.1 Å². The van der Waals surface area contributed by atoms with Crippen LogP contribution >= 0.6 is 0 Å². The summed E-state index contributed by atoms with van der Waals surface area (Å²) in [5.41, 5.74) is -29.1. The first kappa shape index (κ1) is 64.0. The lowest BCUT2D eigenvalue weighted by atomic mass is 9.12. The smallest absolute Gasteiger partial charge is 0.194 e. The molecule has 452 valence electrons. The van der Waals surface area contributed by atoms with E-state index >= 15 is 0 Å². The molecule has 86 heavy (non-hydrogen) atoms. The van der Waals surface area contributed by atoms with Crippen molar-refractivity contribution in [3.05, 3.63) is 238 Å². The van der Waals surface area contributed by atoms with Crippen LogP contribution in [0.1, 0.15) is 50.1 Å². The second-order valence-electron chi connectivity index (χ2n) is 19.5. The van der Waals surface area contributed by atoms with E-state index in [4.69, 9.17) is 0 Å². The van der Waals surface area contributed by atoms with Gasteiger partial charge in [-0.2, -0.15) is 127 Å². The van der Waals surface area contributed by atoms with Crippen LogP contribution in [-0.4, -0.2) is 6.15 Å². The van der Waals surface area contributed by atoms with E-state index in [9.17, 15) is 110 Å². The van der Waals surface area contributed by atoms with Crippen LogP contribution in [0.5, 0.6) is 0 Å². The second kappa shape index (κ2) is 22.4. The second-order valence-corrected chi connectivity index (χ2v) is 22.0. The van der Waals surface area contributed by atoms with E-state index in [1.165, 1.54) is 21.5 Å². The monoisotopic (exact) mass is 1260 g/mol. The maximum Gasteiger partial charge on any atom is 0.416 e. The number of benzene rings is 9. The van der Waals surface area contributed by atoms with Crippen LogP contribution in [0.15, 0.2) is 198 Å². The standard InChI is InChI=1S/C32H12BF24.C27H21OS/c34-25(35,36)13-1-14(26(37,38)39)6-21(5-13)33(22-7-15(27(40,41)42)2-16(8-22)28(43,44)45,23-9-17(29(46,47)48)3-18(10-23)30(49,50)51)24-11-19(31(52,53)54)4-20(12-24)32(55,56)57;28-29(23-13-3-1-4-14-23,24-15-5-2-6-16-24)20-27-25-17-9-7-11-21(25)19-22-12-8-10-18-26(22)27/h1-12H;1-19H,20H2/q-1;+1. The van der Waals surface area contributed by atoms with Crippen LogP contribution in [0.4, 0.5) is 105 Å². The van der Waals surface area contributed by atoms with E-state index in [0.29, 0.717) is 5.75 Å². The van der Waals surface area contributed by atoms with Crippen molar-refractivity contribution in [1.82, 2.24) is 0 Å². The fourth-order valence-corrected chi connectivity index (χ4v) is 12.6. The third-order valence-corrected chi connectivity index (χ3v) is 16.7. The fourth-order valence-electron chi connectivity index (χ4n) is 10.1. The molecule has 27 heteroatoms. The van der Waals surface area contributed by atoms with Crippen LogP contribution in [0, 0.1) is 0 Å². The zero-order valence-electron chi connectivity index (χ0n) is 42.6. The highest BCUT2D eigenvalue weighted by Crippen LogP contribution is 2.43. The van der Waals surface area contributed by atoms with Gasteiger partial charge in [-0.15, -0.1) is 0 Å². The molecule has 0 atom stereocenters. The Labute approximate surface area is 470 Å². The molecular formula is C59H33BF24OS. The molecular weight excluding hydrogens is 1220 g/mol. The van der Waals surface area contributed by atoms with E-state index in [1.807, 2.05) is 60.7 Å². The van der Waals surface area contributed by atoms with Gasteiger partial charge in [-0.25, -0.2) is 0 Å². The maximum absolute atomic E-state index is 14.6. The van der Waals surface area contributed by atoms with Crippen LogP contribution < -0.4 is 21.9 Å². The molecule has 1 nitrogen and oxygen atoms in total. The molecule has 0 aliphatic rings. The molecule has 0 unspecified atom stereocenters. The molecule has 0 N–H and O–H groups in total. The van der Waals surface area contributed by atoms with Gasteiger partial charge in [-0.1, -0.05) is 138 Å². The quantitative estimate of drug-likeness (QED) is 0.0641. The van der Waals surface area contributed by atoms with Gasteiger partial charge in [-0.05, 0) is 76.1 Å². The summed E-state index contributed by atoms with van der Waals surface area (Å²) in [5.74, 6) is 0.475. The lowest BCUT2D eigenvalue weighted by Crippen LogP contribution is -2.75. The summed E-state index contributed by atoms with van der Waals surface area (Å²) in [7, 11) is -2.48. The van der Waals surface area contributed by atoms with Crippen molar-refractivity contribution in [2.24, 2.45) is 0 Å². The lowest BCUT2D eigenvalue weighted by molar-refractivity contribution is -0.144. The predicted octanol–water partition coefficient (Wildman–Crippen LogP) is 18.3. The summed E-state index contributed by atoms with van der Waals surface area (Å²) in [6.45, 7) is 0. The minimum Gasteiger partial charge on any atom is -0.194 e. The Hall–Kier alpha value is -7.97. The molecule has 0 bridgehead atoms. The Morgan fingerprint density at radius 3 is 0.698 bits per heavy atom. The van der Waals surface area contributed by atoms with Crippen molar-refractivity contribution in [3.63, 3.8) is 0 Å². The summed E-state index contributed by atoms with van der Waals surface area (Å²) in [4.78, 5) is 1.76. The maximum atomic E-state index is 14.6. The molecule has 0 saturated carbocycles. The molecule has 0 heterocycles. The molecule has 0 fully saturated rings. The molecule has 0 aliphatic heterocycles. The molecule has 0 aliphatic carbocycles. The van der Waals surface area contributed by atoms with E-state index < -0.39 is 205 Å². The Kier molecular flexibility index (Phi) is 16.7. The van der Waals surface area contributed by atoms with Crippen molar-refractivity contribution >= 4 is 59.5 Å². The molecule has 0 spiro atoms. The Balaban J connectivity index is 0.000000274. The minimum absolute atomic E-state index is 0.475. The highest BCUT2D eigenvalue weighted by molar-refractivity contribution is 8.02. The molecule has 0 saturated heterocycles. The number of hydrogen-bond donors (Lipinski definition) is 0. The summed E-state index contributed by atoms with van der Waals surface area (Å²) >= 11 is 0. The zero-order chi connectivity index (χ0) is 63.6. The van der Waals surface area contributed by atoms with Crippen molar-refractivity contribution < 1.29 is 110 Å². The molecule has 9 aromatic rings. The van der Waals surface area contributed by atoms with E-state index in [-0.39, 0.29) is 0 Å². The van der Waals surface area contributed by atoms with Crippen molar-refractivity contribution in [1.29, 1.82) is 0 Å². The van der Waals surface area contributed by atoms with Gasteiger partial charge in [0.25, 0.3) is 0 Å². The van der Waals surface area contributed by atoms with E-state index in [1.54, 1.807) is 0 Å². The van der Waals surface area contributed by atoms with E-state index in [2.05, 4.69) is 54.6 Å². The third-order valence-electron chi connectivity index (χ3n) is 13.9. The number of halogens is 24. The third kappa shape index (κ3) is 13.4. The zero-order valence-corrected chi connectivity index (χ0v) is 43.4. The summed E-state index contributed by atoms with van der Waals surface area (Å²) in [6, 6.07) is 30.0. The predicted molar refractivity (Wildman–Crippen MR) is 273 cm³/mol. The van der Waals surface area contributed by atoms with Crippen molar-refractivity contribution in [3.8, 4) is 0 Å². The Morgan fingerprint density at radius 2 is 0.477 bits per heavy atom. The Morgan fingerprint density at radius 1 is 0.267 bits per heavy atom. The molecule has 0 radical (unpaired) electrons. The minimum atomic E-state index is -6.13. The van der Waals surface area contributed by atoms with E-state index in [0.717, 1.165) is 15.4 Å². The fraction of sp³-hybridized carbons (Fsp3) is 0.153. The van der Waals surface area contributed by atoms with Crippen LogP contribution in [0.25, 0.3) is 21.5 Å². The van der Waals surface area contributed by atoms with Crippen molar-refractivity contribution in [2.45, 2.75) is 65.0 Å². The summed E-state index contributed by atoms with van der Waals surface area (Å²) in [5, 5.41) is 4.71. The average molecular weight is 1260 g/mol. The summed E-state index contributed by atoms with van der Waals surface area (Å²) < 4.78 is 355. The molecule has 9 rings (SSSR count). The largest absolute Gasteiger partial charge is 0.416 e. The van der Waals surface area contributed by atoms with Crippen LogP contribution in [0.2, 0.25) is 0 Å². The average Bonchev–Trinajstić information content (AvgIpc) is 0.730. The van der Waals surface area contributed by atoms with Gasteiger partial charge in [0.05, 0.1) is 44.5 Å². The number of fused-ring (bicyclic) bond motifs is 2. The van der Waals surface area contributed by atoms with Crippen molar-refractivity contribution in [2.75, 3.05) is 0 Å². The van der Waals surface area contributed by atoms with Gasteiger partial charge >= 0.3 is 49.4 Å². The lowest BCUT2D eigenvalue weighted by Gasteiger charge is -2.46. The SMILES string of the molecule is FC(F)(F)c1cc([B-](c2cc(C(F)(F)F)cc(C(F)(F)F)c2)(c2cc(C(F)(F)F)cc(C(F)(F)F)c2)c2cc(C(F)(F)F)cc(C(F)(F)F)c2)cc(C(F)(F)F)c1.O=[S+](Cc1c2ccccc2cc2ccccc12)(c1ccccc1)c1ccccc1. The first-order valence-corrected chi connectivity index (χ1v) is 26.1. The van der Waals surface area contributed by atoms with Crippen LogP contribution in [0.3, 0.4) is 0 Å². The molecule has 0 aromatic heterocycles. The molecule has 0 amide bonds. The normalized spacial score (nSPS) is 13.4. The number of alkyl halides is 24. The van der Waals surface area contributed by atoms with Gasteiger partial charge in [0.15, 0.2) is 19.7 Å². The highest BCUT2D eigenvalue weighted by atomic mass is 32.2. The summed E-state index contributed by atoms with van der Waals surface area (Å²) in [6.07, 6.45) is -54.8. The van der Waals surface area contributed by atoms with Gasteiger partial charge in [-0.3, -0.25) is 0 Å². The van der Waals surface area contributed by atoms with Gasteiger partial charge in [0, 0.05) is 5.56 Å². The molecule has 9 aromatic carbocycles. The Bertz CT molecular complexity index is 3470. The number of hydrogen-bond acceptors (Lipinski definition) is 1. The van der Waals surface area contributed by atoms with Gasteiger partial charge in [0.1, 0.15) is 11.9 Å². The van der Waals surface area contributed by atoms with Gasteiger partial charge in [0.2, 0.25) is 0 Å². The highest BCUT2D eigenvalue weighted by Gasteiger charge is 2.47. The first-order valence-electron chi connectivity index (χ1n) is 24.4. The number of rotatable bonds is 8. The van der Waals surface area contributed by atoms with Crippen LogP contribution in [-0.2, 0) is 69.3 Å².